The van der Waals surface area contributed by atoms with E-state index in [2.05, 4.69) is 46.8 Å². The number of carbonyl (C=O) groups is 1. The summed E-state index contributed by atoms with van der Waals surface area (Å²) in [5.41, 5.74) is 4.76. The van der Waals surface area contributed by atoms with Crippen LogP contribution in [-0.4, -0.2) is 5.97 Å². The largest absolute Gasteiger partial charge is 0.426 e. The Morgan fingerprint density at radius 1 is 1.21 bits per heavy atom. The molecule has 0 N–H and O–H groups in total. The Morgan fingerprint density at radius 2 is 1.92 bits per heavy atom. The summed E-state index contributed by atoms with van der Waals surface area (Å²) in [6.45, 7) is 13.2. The molecule has 0 amide bonds. The molecule has 0 aromatic heterocycles. The number of hydrogen-bond donors (Lipinski definition) is 0. The second kappa shape index (κ2) is 5.89. The highest BCUT2D eigenvalue weighted by atomic mass is 16.5. The van der Waals surface area contributed by atoms with Crippen LogP contribution in [0.5, 0.6) is 5.75 Å². The van der Waals surface area contributed by atoms with Gasteiger partial charge >= 0.3 is 5.97 Å². The first kappa shape index (κ1) is 17.5. The lowest BCUT2D eigenvalue weighted by molar-refractivity contribution is -0.131. The van der Waals surface area contributed by atoms with Gasteiger partial charge in [-0.15, -0.1) is 0 Å². The van der Waals surface area contributed by atoms with Gasteiger partial charge in [0, 0.05) is 6.92 Å². The molecule has 132 valence electrons. The van der Waals surface area contributed by atoms with E-state index in [1.165, 1.54) is 49.3 Å². The Morgan fingerprint density at radius 3 is 2.54 bits per heavy atom. The van der Waals surface area contributed by atoms with Crippen LogP contribution in [0.25, 0.3) is 0 Å². The molecule has 2 atom stereocenters. The Kier molecular flexibility index (Phi) is 4.30. The number of fused-ring (bicyclic) bond motifs is 3. The maximum atomic E-state index is 11.5. The van der Waals surface area contributed by atoms with Gasteiger partial charge in [0.2, 0.25) is 0 Å². The number of rotatable bonds is 2. The fraction of sp³-hybridized carbons (Fsp3) is 0.682. The molecule has 1 aromatic carbocycles. The molecule has 24 heavy (non-hydrogen) atoms. The van der Waals surface area contributed by atoms with E-state index in [-0.39, 0.29) is 11.4 Å². The van der Waals surface area contributed by atoms with E-state index >= 15 is 0 Å². The first-order valence-corrected chi connectivity index (χ1v) is 9.51. The van der Waals surface area contributed by atoms with Gasteiger partial charge in [0.25, 0.3) is 0 Å². The SMILES string of the molecule is CC(=O)Oc1cc2c(cc1C(C)C)[C@@]1(C)CCCC(C)(C)[C@@H]1CC2. The molecule has 0 bridgehead atoms. The Balaban J connectivity index is 2.13. The summed E-state index contributed by atoms with van der Waals surface area (Å²) >= 11 is 0. The van der Waals surface area contributed by atoms with Gasteiger partial charge in [0.1, 0.15) is 5.75 Å². The standard InChI is InChI=1S/C22H32O2/c1-14(2)17-13-18-16(12-19(17)24-15(3)23)8-9-20-21(4,5)10-7-11-22(18,20)6/h12-14,20H,7-11H2,1-6H3/t20-,22+/m0/s1. The predicted octanol–water partition coefficient (Wildman–Crippen LogP) is 5.77. The van der Waals surface area contributed by atoms with E-state index < -0.39 is 0 Å². The summed E-state index contributed by atoms with van der Waals surface area (Å²) in [4.78, 5) is 11.5. The van der Waals surface area contributed by atoms with Gasteiger partial charge < -0.3 is 4.74 Å². The minimum atomic E-state index is -0.226. The molecule has 0 heterocycles. The highest BCUT2D eigenvalue weighted by Gasteiger charge is 2.49. The summed E-state index contributed by atoms with van der Waals surface area (Å²) in [6, 6.07) is 4.53. The number of esters is 1. The van der Waals surface area contributed by atoms with Crippen LogP contribution in [0.1, 0.15) is 89.8 Å². The fourth-order valence-electron chi connectivity index (χ4n) is 5.53. The van der Waals surface area contributed by atoms with Crippen LogP contribution in [0.3, 0.4) is 0 Å². The average molecular weight is 328 g/mol. The van der Waals surface area contributed by atoms with Crippen LogP contribution in [-0.2, 0) is 16.6 Å². The number of carbonyl (C=O) groups excluding carboxylic acids is 1. The van der Waals surface area contributed by atoms with E-state index in [0.717, 1.165) is 18.1 Å². The minimum Gasteiger partial charge on any atom is -0.426 e. The van der Waals surface area contributed by atoms with Crippen molar-refractivity contribution in [3.05, 3.63) is 28.8 Å². The zero-order chi connectivity index (χ0) is 17.7. The number of ether oxygens (including phenoxy) is 1. The van der Waals surface area contributed by atoms with Crippen molar-refractivity contribution in [2.24, 2.45) is 11.3 Å². The van der Waals surface area contributed by atoms with Crippen LogP contribution >= 0.6 is 0 Å². The van der Waals surface area contributed by atoms with E-state index in [4.69, 9.17) is 4.74 Å². The predicted molar refractivity (Wildman–Crippen MR) is 98.6 cm³/mol. The smallest absolute Gasteiger partial charge is 0.308 e. The van der Waals surface area contributed by atoms with Crippen LogP contribution < -0.4 is 4.74 Å². The van der Waals surface area contributed by atoms with E-state index in [0.29, 0.717) is 11.3 Å². The quantitative estimate of drug-likeness (QED) is 0.509. The van der Waals surface area contributed by atoms with E-state index in [1.54, 1.807) is 0 Å². The van der Waals surface area contributed by atoms with Crippen molar-refractivity contribution in [2.75, 3.05) is 0 Å². The maximum absolute atomic E-state index is 11.5. The van der Waals surface area contributed by atoms with Crippen LogP contribution in [0.15, 0.2) is 12.1 Å². The van der Waals surface area contributed by atoms with Gasteiger partial charge in [-0.3, -0.25) is 4.79 Å². The van der Waals surface area contributed by atoms with Gasteiger partial charge in [-0.25, -0.2) is 0 Å². The molecule has 0 aliphatic heterocycles. The zero-order valence-electron chi connectivity index (χ0n) is 16.2. The first-order chi connectivity index (χ1) is 11.1. The summed E-state index contributed by atoms with van der Waals surface area (Å²) in [7, 11) is 0. The maximum Gasteiger partial charge on any atom is 0.308 e. The van der Waals surface area contributed by atoms with Crippen molar-refractivity contribution in [2.45, 2.75) is 85.0 Å². The molecule has 1 aromatic rings. The van der Waals surface area contributed by atoms with Gasteiger partial charge in [0.15, 0.2) is 0 Å². The highest BCUT2D eigenvalue weighted by Crippen LogP contribution is 2.57. The monoisotopic (exact) mass is 328 g/mol. The number of hydrogen-bond acceptors (Lipinski definition) is 2. The van der Waals surface area contributed by atoms with E-state index in [1.807, 2.05) is 0 Å². The summed E-state index contributed by atoms with van der Waals surface area (Å²) in [5.74, 6) is 1.64. The van der Waals surface area contributed by atoms with Crippen LogP contribution in [0, 0.1) is 11.3 Å². The molecular formula is C22H32O2. The zero-order valence-corrected chi connectivity index (χ0v) is 16.2. The lowest BCUT2D eigenvalue weighted by Crippen LogP contribution is -2.47. The Hall–Kier alpha value is -1.31. The number of benzene rings is 1. The molecule has 1 fully saturated rings. The average Bonchev–Trinajstić information content (AvgIpc) is 2.44. The molecule has 2 heteroatoms. The van der Waals surface area contributed by atoms with Crippen molar-refractivity contribution < 1.29 is 9.53 Å². The van der Waals surface area contributed by atoms with Gasteiger partial charge in [-0.2, -0.15) is 0 Å². The molecular weight excluding hydrogens is 296 g/mol. The molecule has 1 saturated carbocycles. The Labute approximate surface area is 147 Å². The molecule has 2 aliphatic carbocycles. The Bertz CT molecular complexity index is 656. The topological polar surface area (TPSA) is 26.3 Å². The van der Waals surface area contributed by atoms with Crippen molar-refractivity contribution in [1.82, 2.24) is 0 Å². The molecule has 3 rings (SSSR count). The molecule has 2 aliphatic rings. The van der Waals surface area contributed by atoms with E-state index in [9.17, 15) is 4.79 Å². The highest BCUT2D eigenvalue weighted by molar-refractivity contribution is 5.70. The third kappa shape index (κ3) is 2.78. The summed E-state index contributed by atoms with van der Waals surface area (Å²) in [5, 5.41) is 0. The molecule has 0 spiro atoms. The summed E-state index contributed by atoms with van der Waals surface area (Å²) < 4.78 is 5.54. The first-order valence-electron chi connectivity index (χ1n) is 9.51. The lowest BCUT2D eigenvalue weighted by Gasteiger charge is -2.54. The summed E-state index contributed by atoms with van der Waals surface area (Å²) in [6.07, 6.45) is 6.27. The van der Waals surface area contributed by atoms with Crippen molar-refractivity contribution in [1.29, 1.82) is 0 Å². The fourth-order valence-corrected chi connectivity index (χ4v) is 5.53. The number of aryl methyl sites for hydroxylation is 1. The van der Waals surface area contributed by atoms with Crippen molar-refractivity contribution in [3.8, 4) is 5.75 Å². The van der Waals surface area contributed by atoms with Gasteiger partial charge in [-0.05, 0) is 71.1 Å². The lowest BCUT2D eigenvalue weighted by atomic mass is 9.50. The van der Waals surface area contributed by atoms with Crippen molar-refractivity contribution >= 4 is 5.97 Å². The minimum absolute atomic E-state index is 0.226. The molecule has 2 nitrogen and oxygen atoms in total. The second-order valence-electron chi connectivity index (χ2n) is 9.15. The molecule has 0 unspecified atom stereocenters. The van der Waals surface area contributed by atoms with Crippen LogP contribution in [0.2, 0.25) is 0 Å². The van der Waals surface area contributed by atoms with Crippen molar-refractivity contribution in [3.63, 3.8) is 0 Å². The molecule has 0 radical (unpaired) electrons. The van der Waals surface area contributed by atoms with Crippen LogP contribution in [0.4, 0.5) is 0 Å². The third-order valence-electron chi connectivity index (χ3n) is 6.66. The normalized spacial score (nSPS) is 28.2. The van der Waals surface area contributed by atoms with Gasteiger partial charge in [0.05, 0.1) is 0 Å². The second-order valence-corrected chi connectivity index (χ2v) is 9.15. The molecule has 0 saturated heterocycles. The van der Waals surface area contributed by atoms with Gasteiger partial charge in [-0.1, -0.05) is 47.1 Å². The third-order valence-corrected chi connectivity index (χ3v) is 6.66.